The molecule has 0 spiro atoms. The molecule has 1 amide bonds. The van der Waals surface area contributed by atoms with E-state index in [0.717, 1.165) is 28.2 Å². The highest BCUT2D eigenvalue weighted by Gasteiger charge is 2.17. The molecule has 0 aliphatic carbocycles. The third-order valence-electron chi connectivity index (χ3n) is 5.02. The van der Waals surface area contributed by atoms with Crippen molar-refractivity contribution in [2.24, 2.45) is 0 Å². The first-order valence-corrected chi connectivity index (χ1v) is 10.1. The van der Waals surface area contributed by atoms with Crippen LogP contribution in [0, 0.1) is 19.7 Å². The molecule has 0 unspecified atom stereocenters. The Morgan fingerprint density at radius 2 is 1.81 bits per heavy atom. The molecule has 8 heteroatoms. The van der Waals surface area contributed by atoms with E-state index in [0.29, 0.717) is 18.2 Å². The molecule has 7 nitrogen and oxygen atoms in total. The smallest absolute Gasteiger partial charge is 0.230 e. The van der Waals surface area contributed by atoms with Gasteiger partial charge >= 0.3 is 0 Å². The summed E-state index contributed by atoms with van der Waals surface area (Å²) >= 11 is 0. The van der Waals surface area contributed by atoms with Crippen molar-refractivity contribution in [2.75, 3.05) is 5.32 Å². The fourth-order valence-corrected chi connectivity index (χ4v) is 3.34. The Bertz CT molecular complexity index is 1220. The van der Waals surface area contributed by atoms with E-state index < -0.39 is 0 Å². The second-order valence-corrected chi connectivity index (χ2v) is 7.26. The number of amides is 1. The normalized spacial score (nSPS) is 10.7. The van der Waals surface area contributed by atoms with Crippen LogP contribution < -0.4 is 10.1 Å². The summed E-state index contributed by atoms with van der Waals surface area (Å²) < 4.78 is 20.8. The summed E-state index contributed by atoms with van der Waals surface area (Å²) in [6.07, 6.45) is 5.11. The Hall–Kier alpha value is -4.07. The second-order valence-electron chi connectivity index (χ2n) is 7.26. The zero-order valence-corrected chi connectivity index (χ0v) is 17.7. The van der Waals surface area contributed by atoms with E-state index in [1.165, 1.54) is 12.1 Å². The quantitative estimate of drug-likeness (QED) is 0.475. The van der Waals surface area contributed by atoms with Gasteiger partial charge in [-0.2, -0.15) is 5.10 Å². The molecule has 3 aromatic heterocycles. The monoisotopic (exact) mass is 431 g/mol. The predicted molar refractivity (Wildman–Crippen MR) is 118 cm³/mol. The molecule has 0 aliphatic heterocycles. The second kappa shape index (κ2) is 9.38. The van der Waals surface area contributed by atoms with Gasteiger partial charge in [-0.25, -0.2) is 14.1 Å². The van der Waals surface area contributed by atoms with Crippen molar-refractivity contribution >= 4 is 11.7 Å². The van der Waals surface area contributed by atoms with Crippen LogP contribution in [0.3, 0.4) is 0 Å². The van der Waals surface area contributed by atoms with Gasteiger partial charge in [-0.15, -0.1) is 0 Å². The molecule has 0 fully saturated rings. The van der Waals surface area contributed by atoms with Crippen LogP contribution in [-0.4, -0.2) is 25.7 Å². The molecule has 162 valence electrons. The van der Waals surface area contributed by atoms with Crippen molar-refractivity contribution in [3.63, 3.8) is 0 Å². The van der Waals surface area contributed by atoms with Gasteiger partial charge in [-0.05, 0) is 67.9 Å². The van der Waals surface area contributed by atoms with Crippen LogP contribution in [0.1, 0.15) is 22.5 Å². The van der Waals surface area contributed by atoms with Gasteiger partial charge in [0.15, 0.2) is 11.6 Å². The number of hydrogen-bond acceptors (Lipinski definition) is 5. The van der Waals surface area contributed by atoms with Gasteiger partial charge in [0.2, 0.25) is 5.91 Å². The van der Waals surface area contributed by atoms with Gasteiger partial charge in [-0.1, -0.05) is 0 Å². The van der Waals surface area contributed by atoms with Crippen LogP contribution in [0.25, 0.3) is 5.69 Å². The number of nitrogens with zero attached hydrogens (tertiary/aromatic N) is 4. The van der Waals surface area contributed by atoms with Crippen molar-refractivity contribution in [2.45, 2.75) is 26.9 Å². The molecule has 3 heterocycles. The average Bonchev–Trinajstić information content (AvgIpc) is 3.08. The average molecular weight is 431 g/mol. The first kappa shape index (κ1) is 21.2. The Kier molecular flexibility index (Phi) is 6.21. The summed E-state index contributed by atoms with van der Waals surface area (Å²) in [6.45, 7) is 4.06. The molecule has 0 aliphatic rings. The van der Waals surface area contributed by atoms with Crippen LogP contribution in [0.15, 0.2) is 67.1 Å². The van der Waals surface area contributed by atoms with Crippen LogP contribution in [0.4, 0.5) is 10.2 Å². The van der Waals surface area contributed by atoms with Gasteiger partial charge < -0.3 is 10.1 Å². The van der Waals surface area contributed by atoms with E-state index in [4.69, 9.17) is 4.74 Å². The number of anilines is 1. The molecule has 4 aromatic rings. The number of halogens is 1. The van der Waals surface area contributed by atoms with E-state index in [9.17, 15) is 9.18 Å². The molecule has 0 saturated carbocycles. The lowest BCUT2D eigenvalue weighted by Gasteiger charge is -2.12. The van der Waals surface area contributed by atoms with Gasteiger partial charge in [-0.3, -0.25) is 9.78 Å². The van der Waals surface area contributed by atoms with Gasteiger partial charge in [0.25, 0.3) is 0 Å². The first-order valence-electron chi connectivity index (χ1n) is 10.1. The van der Waals surface area contributed by atoms with E-state index in [1.807, 2.05) is 26.0 Å². The minimum atomic E-state index is -0.313. The Morgan fingerprint density at radius 3 is 2.56 bits per heavy atom. The number of benzene rings is 1. The lowest BCUT2D eigenvalue weighted by atomic mass is 10.1. The highest BCUT2D eigenvalue weighted by atomic mass is 19.1. The van der Waals surface area contributed by atoms with Crippen LogP contribution in [-0.2, 0) is 17.8 Å². The zero-order valence-electron chi connectivity index (χ0n) is 17.7. The minimum Gasteiger partial charge on any atom is -0.485 e. The van der Waals surface area contributed by atoms with Gasteiger partial charge in [0.1, 0.15) is 12.4 Å². The van der Waals surface area contributed by atoms with Crippen molar-refractivity contribution < 1.29 is 13.9 Å². The number of ether oxygens (including phenoxy) is 1. The Labute approximate surface area is 184 Å². The number of pyridine rings is 2. The van der Waals surface area contributed by atoms with E-state index in [1.54, 1.807) is 47.5 Å². The van der Waals surface area contributed by atoms with Crippen molar-refractivity contribution in [1.82, 2.24) is 19.7 Å². The highest BCUT2D eigenvalue weighted by molar-refractivity contribution is 5.92. The standard InChI is InChI=1S/C24H22FN5O2/c1-16-21(17(2)30(29-16)20-7-5-19(25)6-8-20)14-23(31)28-24-22(4-3-11-27-24)32-15-18-9-12-26-13-10-18/h3-13H,14-15H2,1-2H3,(H,27,28,31). The van der Waals surface area contributed by atoms with Crippen LogP contribution in [0.2, 0.25) is 0 Å². The molecule has 0 atom stereocenters. The molecule has 1 aromatic carbocycles. The summed E-state index contributed by atoms with van der Waals surface area (Å²) in [5.41, 5.74) is 4.05. The molecule has 0 radical (unpaired) electrons. The number of carbonyl (C=O) groups is 1. The fraction of sp³-hybridized carbons (Fsp3) is 0.167. The van der Waals surface area contributed by atoms with E-state index >= 15 is 0 Å². The Morgan fingerprint density at radius 1 is 1.06 bits per heavy atom. The largest absolute Gasteiger partial charge is 0.485 e. The van der Waals surface area contributed by atoms with E-state index in [2.05, 4.69) is 20.4 Å². The third-order valence-corrected chi connectivity index (χ3v) is 5.02. The van der Waals surface area contributed by atoms with E-state index in [-0.39, 0.29) is 18.1 Å². The molecule has 0 saturated heterocycles. The molecule has 0 bridgehead atoms. The molecule has 1 N–H and O–H groups in total. The maximum Gasteiger partial charge on any atom is 0.230 e. The third kappa shape index (κ3) is 4.80. The number of aromatic nitrogens is 4. The van der Waals surface area contributed by atoms with Crippen molar-refractivity contribution in [1.29, 1.82) is 0 Å². The summed E-state index contributed by atoms with van der Waals surface area (Å²) in [5.74, 6) is 0.287. The maximum absolute atomic E-state index is 13.2. The molecule has 32 heavy (non-hydrogen) atoms. The van der Waals surface area contributed by atoms with Crippen molar-refractivity contribution in [3.8, 4) is 11.4 Å². The maximum atomic E-state index is 13.2. The zero-order chi connectivity index (χ0) is 22.5. The van der Waals surface area contributed by atoms with Crippen molar-refractivity contribution in [3.05, 3.63) is 95.5 Å². The number of nitrogens with one attached hydrogen (secondary N) is 1. The Balaban J connectivity index is 1.47. The predicted octanol–water partition coefficient (Wildman–Crippen LogP) is 4.18. The topological polar surface area (TPSA) is 81.9 Å². The van der Waals surface area contributed by atoms with Gasteiger partial charge in [0, 0.05) is 29.8 Å². The molecular weight excluding hydrogens is 409 g/mol. The number of rotatable bonds is 7. The number of aryl methyl sites for hydroxylation is 1. The summed E-state index contributed by atoms with van der Waals surface area (Å²) in [4.78, 5) is 21.0. The number of hydrogen-bond donors (Lipinski definition) is 1. The van der Waals surface area contributed by atoms with Gasteiger partial charge in [0.05, 0.1) is 17.8 Å². The fourth-order valence-electron chi connectivity index (χ4n) is 3.34. The van der Waals surface area contributed by atoms with Crippen LogP contribution >= 0.6 is 0 Å². The van der Waals surface area contributed by atoms with Crippen LogP contribution in [0.5, 0.6) is 5.75 Å². The summed E-state index contributed by atoms with van der Waals surface area (Å²) in [5, 5.41) is 7.35. The summed E-state index contributed by atoms with van der Waals surface area (Å²) in [7, 11) is 0. The molecular formula is C24H22FN5O2. The lowest BCUT2D eigenvalue weighted by molar-refractivity contribution is -0.115. The lowest BCUT2D eigenvalue weighted by Crippen LogP contribution is -2.17. The SMILES string of the molecule is Cc1nn(-c2ccc(F)cc2)c(C)c1CC(=O)Nc1ncccc1OCc1ccncc1. The minimum absolute atomic E-state index is 0.124. The molecule has 4 rings (SSSR count). The summed E-state index contributed by atoms with van der Waals surface area (Å²) in [6, 6.07) is 13.3. The number of carbonyl (C=O) groups excluding carboxylic acids is 1. The highest BCUT2D eigenvalue weighted by Crippen LogP contribution is 2.23. The first-order chi connectivity index (χ1) is 15.5.